The van der Waals surface area contributed by atoms with Gasteiger partial charge in [0.2, 0.25) is 0 Å². The molecule has 1 aromatic rings. The molecular weight excluding hydrogens is 390 g/mol. The highest BCUT2D eigenvalue weighted by atomic mass is 32.2. The van der Waals surface area contributed by atoms with Gasteiger partial charge in [0, 0.05) is 18.4 Å². The largest absolute Gasteiger partial charge is 0.494 e. The van der Waals surface area contributed by atoms with Crippen LogP contribution in [0.15, 0.2) is 47.1 Å². The van der Waals surface area contributed by atoms with Crippen molar-refractivity contribution < 1.29 is 23.2 Å². The predicted octanol–water partition coefficient (Wildman–Crippen LogP) is 4.83. The molecule has 1 aliphatic carbocycles. The van der Waals surface area contributed by atoms with E-state index < -0.39 is 23.3 Å². The molecule has 1 aliphatic heterocycles. The van der Waals surface area contributed by atoms with Crippen molar-refractivity contribution in [2.24, 2.45) is 0 Å². The first kappa shape index (κ1) is 22.4. The van der Waals surface area contributed by atoms with Gasteiger partial charge in [-0.25, -0.2) is 4.39 Å². The van der Waals surface area contributed by atoms with Crippen LogP contribution in [0.1, 0.15) is 48.0 Å². The Bertz CT molecular complexity index is 805. The van der Waals surface area contributed by atoms with Gasteiger partial charge in [-0.15, -0.1) is 0 Å². The summed E-state index contributed by atoms with van der Waals surface area (Å²) in [5.74, 6) is 0.491. The van der Waals surface area contributed by atoms with Crippen molar-refractivity contribution >= 4 is 24.3 Å². The molecule has 1 unspecified atom stereocenters. The summed E-state index contributed by atoms with van der Waals surface area (Å²) in [5, 5.41) is 0. The van der Waals surface area contributed by atoms with E-state index in [4.69, 9.17) is 18.8 Å². The van der Waals surface area contributed by atoms with Gasteiger partial charge in [0.25, 0.3) is 0 Å². The standard InChI is InChI=1S/C22H30BFO4S/c1-15(2)26-17-10-12-22(25-7,13-11-17)29-19-9-8-16(14-18(19)24)23-27-20(3,4)21(5,6)28-23/h8-12,14-15H,13H2,1-7H3. The van der Waals surface area contributed by atoms with Gasteiger partial charge in [-0.1, -0.05) is 17.8 Å². The number of ether oxygens (including phenoxy) is 2. The summed E-state index contributed by atoms with van der Waals surface area (Å²) in [4.78, 5) is -0.158. The molecule has 0 N–H and O–H groups in total. The molecule has 3 rings (SSSR count). The summed E-state index contributed by atoms with van der Waals surface area (Å²) in [6.45, 7) is 11.9. The Kier molecular flexibility index (Phi) is 6.26. The average Bonchev–Trinajstić information content (AvgIpc) is 2.86. The minimum atomic E-state index is -0.670. The average molecular weight is 420 g/mol. The van der Waals surface area contributed by atoms with Crippen LogP contribution in [0.4, 0.5) is 4.39 Å². The van der Waals surface area contributed by atoms with Gasteiger partial charge < -0.3 is 18.8 Å². The summed E-state index contributed by atoms with van der Waals surface area (Å²) in [6, 6.07) is 5.11. The van der Waals surface area contributed by atoms with Crippen molar-refractivity contribution in [1.29, 1.82) is 0 Å². The normalized spacial score (nSPS) is 25.4. The Labute approximate surface area is 178 Å². The van der Waals surface area contributed by atoms with E-state index in [-0.39, 0.29) is 11.9 Å². The lowest BCUT2D eigenvalue weighted by molar-refractivity contribution is 0.00578. The second-order valence-electron chi connectivity index (χ2n) is 8.71. The van der Waals surface area contributed by atoms with Crippen molar-refractivity contribution in [3.05, 3.63) is 48.0 Å². The molecule has 7 heteroatoms. The molecule has 0 amide bonds. The molecular formula is C22H30BFO4S. The number of allylic oxidation sites excluding steroid dienone is 1. The minimum absolute atomic E-state index is 0.105. The Balaban J connectivity index is 1.74. The maximum Gasteiger partial charge on any atom is 0.494 e. The lowest BCUT2D eigenvalue weighted by Gasteiger charge is -2.32. The van der Waals surface area contributed by atoms with E-state index in [1.54, 1.807) is 13.2 Å². The van der Waals surface area contributed by atoms with Crippen LogP contribution in [-0.4, -0.2) is 36.5 Å². The van der Waals surface area contributed by atoms with Crippen molar-refractivity contribution in [1.82, 2.24) is 0 Å². The summed E-state index contributed by atoms with van der Waals surface area (Å²) >= 11 is 1.34. The van der Waals surface area contributed by atoms with Crippen molar-refractivity contribution in [3.8, 4) is 0 Å². The molecule has 29 heavy (non-hydrogen) atoms. The molecule has 1 fully saturated rings. The number of thioether (sulfide) groups is 1. The zero-order chi connectivity index (χ0) is 21.4. The lowest BCUT2D eigenvalue weighted by atomic mass is 9.79. The zero-order valence-electron chi connectivity index (χ0n) is 18.2. The van der Waals surface area contributed by atoms with Gasteiger partial charge >= 0.3 is 7.12 Å². The Morgan fingerprint density at radius 1 is 1.14 bits per heavy atom. The second-order valence-corrected chi connectivity index (χ2v) is 10.0. The number of halogens is 1. The van der Waals surface area contributed by atoms with Gasteiger partial charge in [0.15, 0.2) is 0 Å². The van der Waals surface area contributed by atoms with Crippen LogP contribution in [0, 0.1) is 5.82 Å². The van der Waals surface area contributed by atoms with Crippen molar-refractivity contribution in [3.63, 3.8) is 0 Å². The fourth-order valence-corrected chi connectivity index (χ4v) is 4.18. The molecule has 1 atom stereocenters. The molecule has 0 spiro atoms. The Morgan fingerprint density at radius 2 is 1.79 bits per heavy atom. The summed E-state index contributed by atoms with van der Waals surface area (Å²) in [7, 11) is 1.05. The first-order valence-corrected chi connectivity index (χ1v) is 10.7. The molecule has 0 saturated carbocycles. The van der Waals surface area contributed by atoms with E-state index in [0.29, 0.717) is 16.8 Å². The summed E-state index contributed by atoms with van der Waals surface area (Å²) in [5.41, 5.74) is -0.253. The Hall–Kier alpha value is -1.28. The van der Waals surface area contributed by atoms with Gasteiger partial charge in [0.05, 0.1) is 17.3 Å². The maximum atomic E-state index is 14.9. The van der Waals surface area contributed by atoms with Crippen LogP contribution in [-0.2, 0) is 18.8 Å². The molecule has 158 valence electrons. The van der Waals surface area contributed by atoms with E-state index >= 15 is 0 Å². The zero-order valence-corrected chi connectivity index (χ0v) is 19.1. The van der Waals surface area contributed by atoms with Gasteiger partial charge in [0.1, 0.15) is 16.5 Å². The quantitative estimate of drug-likeness (QED) is 0.487. The Morgan fingerprint density at radius 3 is 2.28 bits per heavy atom. The van der Waals surface area contributed by atoms with E-state index in [9.17, 15) is 4.39 Å². The van der Waals surface area contributed by atoms with Gasteiger partial charge in [-0.2, -0.15) is 0 Å². The van der Waals surface area contributed by atoms with E-state index in [0.717, 1.165) is 5.76 Å². The predicted molar refractivity (Wildman–Crippen MR) is 116 cm³/mol. The van der Waals surface area contributed by atoms with E-state index in [2.05, 4.69) is 0 Å². The van der Waals surface area contributed by atoms with Crippen LogP contribution >= 0.6 is 11.8 Å². The third-order valence-corrected chi connectivity index (χ3v) is 6.94. The molecule has 1 aromatic carbocycles. The van der Waals surface area contributed by atoms with Crippen molar-refractivity contribution in [2.45, 2.75) is 75.1 Å². The fourth-order valence-electron chi connectivity index (χ4n) is 3.13. The highest BCUT2D eigenvalue weighted by Gasteiger charge is 2.51. The van der Waals surface area contributed by atoms with Gasteiger partial charge in [-0.05, 0) is 77.4 Å². The topological polar surface area (TPSA) is 36.9 Å². The summed E-state index contributed by atoms with van der Waals surface area (Å²) in [6.07, 6.45) is 6.49. The van der Waals surface area contributed by atoms with Crippen molar-refractivity contribution in [2.75, 3.05) is 7.11 Å². The van der Waals surface area contributed by atoms with Gasteiger partial charge in [-0.3, -0.25) is 0 Å². The third kappa shape index (κ3) is 4.74. The molecule has 2 aliphatic rings. The number of hydrogen-bond acceptors (Lipinski definition) is 5. The highest BCUT2D eigenvalue weighted by Crippen LogP contribution is 2.42. The van der Waals surface area contributed by atoms with E-state index in [1.807, 2.05) is 65.8 Å². The number of benzene rings is 1. The van der Waals surface area contributed by atoms with Crippen LogP contribution < -0.4 is 5.46 Å². The molecule has 0 aromatic heterocycles. The van der Waals surface area contributed by atoms with E-state index in [1.165, 1.54) is 17.8 Å². The molecule has 0 bridgehead atoms. The third-order valence-electron chi connectivity index (χ3n) is 5.57. The molecule has 1 heterocycles. The lowest BCUT2D eigenvalue weighted by Crippen LogP contribution is -2.41. The first-order chi connectivity index (χ1) is 13.5. The SMILES string of the molecule is COC1(Sc2ccc(B3OC(C)(C)C(C)(C)O3)cc2F)C=CC(OC(C)C)=CC1. The molecule has 1 saturated heterocycles. The maximum absolute atomic E-state index is 14.9. The van der Waals surface area contributed by atoms with Crippen LogP contribution in [0.25, 0.3) is 0 Å². The second kappa shape index (κ2) is 8.10. The number of methoxy groups -OCH3 is 1. The van der Waals surface area contributed by atoms with Crippen LogP contribution in [0.3, 0.4) is 0 Å². The van der Waals surface area contributed by atoms with Crippen LogP contribution in [0.2, 0.25) is 0 Å². The number of hydrogen-bond donors (Lipinski definition) is 0. The molecule has 0 radical (unpaired) electrons. The van der Waals surface area contributed by atoms with Crippen LogP contribution in [0.5, 0.6) is 0 Å². The highest BCUT2D eigenvalue weighted by molar-refractivity contribution is 8.00. The minimum Gasteiger partial charge on any atom is -0.491 e. The fraction of sp³-hybridized carbons (Fsp3) is 0.545. The summed E-state index contributed by atoms with van der Waals surface area (Å²) < 4.78 is 38.5. The first-order valence-electron chi connectivity index (χ1n) is 9.92. The molecule has 4 nitrogen and oxygen atoms in total. The monoisotopic (exact) mass is 420 g/mol. The smallest absolute Gasteiger partial charge is 0.491 e. The number of rotatable bonds is 6.